The maximum atomic E-state index is 12.6. The molecule has 4 aliphatic rings. The van der Waals surface area contributed by atoms with Crippen LogP contribution in [0, 0.1) is 17.8 Å². The Morgan fingerprint density at radius 1 is 1.24 bits per heavy atom. The molecule has 0 aromatic carbocycles. The first-order valence-corrected chi connectivity index (χ1v) is 8.14. The van der Waals surface area contributed by atoms with Gasteiger partial charge >= 0.3 is 0 Å². The summed E-state index contributed by atoms with van der Waals surface area (Å²) in [6.07, 6.45) is 8.92. The first-order chi connectivity index (χ1) is 10.0. The molecule has 1 aromatic rings. The van der Waals surface area contributed by atoms with Gasteiger partial charge in [-0.05, 0) is 62.3 Å². The Morgan fingerprint density at radius 2 is 1.81 bits per heavy atom. The fraction of sp³-hybridized carbons (Fsp3) is 0.625. The molecule has 1 aromatic heterocycles. The summed E-state index contributed by atoms with van der Waals surface area (Å²) in [7, 11) is 0. The van der Waals surface area contributed by atoms with E-state index in [0.29, 0.717) is 11.3 Å². The van der Waals surface area contributed by atoms with Gasteiger partial charge in [-0.15, -0.1) is 0 Å². The summed E-state index contributed by atoms with van der Waals surface area (Å²) in [4.78, 5) is 16.6. The SMILES string of the molecule is Nc1cnc(Cl)c(C(=O)NC23CC4CC(CC(C4)C2)C3)c1. The average Bonchev–Trinajstić information content (AvgIpc) is 2.39. The molecule has 4 nitrogen and oxygen atoms in total. The minimum atomic E-state index is -0.123. The Bertz CT molecular complexity index is 566. The number of hydrogen-bond donors (Lipinski definition) is 2. The van der Waals surface area contributed by atoms with Crippen molar-refractivity contribution < 1.29 is 4.79 Å². The lowest BCUT2D eigenvalue weighted by atomic mass is 9.53. The molecule has 0 unspecified atom stereocenters. The van der Waals surface area contributed by atoms with Crippen LogP contribution in [0.5, 0.6) is 0 Å². The maximum absolute atomic E-state index is 12.6. The molecule has 4 bridgehead atoms. The van der Waals surface area contributed by atoms with E-state index in [1.54, 1.807) is 6.07 Å². The highest BCUT2D eigenvalue weighted by Gasteiger charge is 2.51. The van der Waals surface area contributed by atoms with Crippen molar-refractivity contribution >= 4 is 23.2 Å². The van der Waals surface area contributed by atoms with E-state index >= 15 is 0 Å². The van der Waals surface area contributed by atoms with Crippen LogP contribution in [0.4, 0.5) is 5.69 Å². The van der Waals surface area contributed by atoms with E-state index in [2.05, 4.69) is 10.3 Å². The predicted molar refractivity (Wildman–Crippen MR) is 82.0 cm³/mol. The largest absolute Gasteiger partial charge is 0.397 e. The average molecular weight is 306 g/mol. The van der Waals surface area contributed by atoms with Crippen LogP contribution in [0.25, 0.3) is 0 Å². The predicted octanol–water partition coefficient (Wildman–Crippen LogP) is 3.02. The molecule has 4 aliphatic carbocycles. The van der Waals surface area contributed by atoms with E-state index in [4.69, 9.17) is 17.3 Å². The molecule has 4 fully saturated rings. The number of nitrogens with two attached hydrogens (primary N) is 1. The van der Waals surface area contributed by atoms with Crippen LogP contribution in [0.2, 0.25) is 5.15 Å². The summed E-state index contributed by atoms with van der Waals surface area (Å²) in [6.45, 7) is 0. The van der Waals surface area contributed by atoms with Gasteiger partial charge in [0, 0.05) is 5.54 Å². The highest BCUT2D eigenvalue weighted by atomic mass is 35.5. The molecule has 0 atom stereocenters. The minimum absolute atomic E-state index is 0.0141. The zero-order chi connectivity index (χ0) is 14.6. The summed E-state index contributed by atoms with van der Waals surface area (Å²) in [5, 5.41) is 3.52. The third-order valence-electron chi connectivity index (χ3n) is 5.52. The second kappa shape index (κ2) is 4.60. The number of carbonyl (C=O) groups is 1. The highest BCUT2D eigenvalue weighted by molar-refractivity contribution is 6.32. The molecule has 0 saturated heterocycles. The second-order valence-corrected chi connectivity index (χ2v) is 7.62. The zero-order valence-electron chi connectivity index (χ0n) is 11.9. The fourth-order valence-electron chi connectivity index (χ4n) is 5.20. The van der Waals surface area contributed by atoms with E-state index in [9.17, 15) is 4.79 Å². The topological polar surface area (TPSA) is 68.0 Å². The Labute approximate surface area is 129 Å². The van der Waals surface area contributed by atoms with Gasteiger partial charge < -0.3 is 11.1 Å². The van der Waals surface area contributed by atoms with Gasteiger partial charge in [-0.2, -0.15) is 0 Å². The van der Waals surface area contributed by atoms with Gasteiger partial charge in [0.15, 0.2) is 0 Å². The van der Waals surface area contributed by atoms with E-state index in [1.807, 2.05) is 0 Å². The van der Waals surface area contributed by atoms with Gasteiger partial charge in [0.05, 0.1) is 17.4 Å². The highest BCUT2D eigenvalue weighted by Crippen LogP contribution is 2.55. The van der Waals surface area contributed by atoms with Crippen LogP contribution in [-0.4, -0.2) is 16.4 Å². The van der Waals surface area contributed by atoms with Crippen molar-refractivity contribution in [2.75, 3.05) is 5.73 Å². The summed E-state index contributed by atoms with van der Waals surface area (Å²) in [5.74, 6) is 2.27. The van der Waals surface area contributed by atoms with E-state index in [1.165, 1.54) is 25.5 Å². The number of anilines is 1. The molecule has 112 valence electrons. The van der Waals surface area contributed by atoms with Gasteiger partial charge in [-0.3, -0.25) is 4.79 Å². The van der Waals surface area contributed by atoms with Crippen molar-refractivity contribution in [2.45, 2.75) is 44.1 Å². The molecule has 0 spiro atoms. The van der Waals surface area contributed by atoms with Crippen LogP contribution in [-0.2, 0) is 0 Å². The number of halogens is 1. The summed E-state index contributed by atoms with van der Waals surface area (Å²) in [5.41, 5.74) is 6.57. The lowest BCUT2D eigenvalue weighted by Gasteiger charge is -2.56. The molecule has 0 aliphatic heterocycles. The van der Waals surface area contributed by atoms with Crippen LogP contribution >= 0.6 is 11.6 Å². The zero-order valence-corrected chi connectivity index (χ0v) is 12.7. The third kappa shape index (κ3) is 2.30. The number of amides is 1. The molecule has 1 amide bonds. The van der Waals surface area contributed by atoms with Gasteiger partial charge in [-0.1, -0.05) is 11.6 Å². The third-order valence-corrected chi connectivity index (χ3v) is 5.82. The van der Waals surface area contributed by atoms with Crippen LogP contribution < -0.4 is 11.1 Å². The number of carbonyl (C=O) groups excluding carboxylic acids is 1. The summed E-state index contributed by atoms with van der Waals surface area (Å²) in [6, 6.07) is 1.62. The second-order valence-electron chi connectivity index (χ2n) is 7.26. The molecule has 3 N–H and O–H groups in total. The maximum Gasteiger partial charge on any atom is 0.254 e. The first kappa shape index (κ1) is 13.4. The smallest absolute Gasteiger partial charge is 0.254 e. The van der Waals surface area contributed by atoms with Crippen LogP contribution in [0.3, 0.4) is 0 Å². The van der Waals surface area contributed by atoms with Crippen LogP contribution in [0.1, 0.15) is 48.9 Å². The summed E-state index contributed by atoms with van der Waals surface area (Å²) < 4.78 is 0. The standard InChI is InChI=1S/C16H20ClN3O/c17-14-13(4-12(18)8-19-14)15(21)20-16-5-9-1-10(6-16)3-11(2-9)7-16/h4,8-11H,1-3,5-7,18H2,(H,20,21). The van der Waals surface area contributed by atoms with E-state index in [-0.39, 0.29) is 16.6 Å². The molecule has 1 heterocycles. The van der Waals surface area contributed by atoms with Gasteiger partial charge in [-0.25, -0.2) is 4.98 Å². The lowest BCUT2D eigenvalue weighted by Crippen LogP contribution is -2.59. The molecular formula is C16H20ClN3O. The monoisotopic (exact) mass is 305 g/mol. The van der Waals surface area contributed by atoms with Gasteiger partial charge in [0.2, 0.25) is 0 Å². The van der Waals surface area contributed by atoms with E-state index < -0.39 is 0 Å². The van der Waals surface area contributed by atoms with Crippen molar-refractivity contribution in [3.05, 3.63) is 23.0 Å². The number of rotatable bonds is 2. The minimum Gasteiger partial charge on any atom is -0.397 e. The van der Waals surface area contributed by atoms with Crippen molar-refractivity contribution in [1.82, 2.24) is 10.3 Å². The van der Waals surface area contributed by atoms with Crippen molar-refractivity contribution in [1.29, 1.82) is 0 Å². The number of pyridine rings is 1. The number of nitrogen functional groups attached to an aromatic ring is 1. The molecule has 21 heavy (non-hydrogen) atoms. The molecule has 4 saturated carbocycles. The number of aromatic nitrogens is 1. The Hall–Kier alpha value is -1.29. The van der Waals surface area contributed by atoms with Crippen molar-refractivity contribution in [3.63, 3.8) is 0 Å². The van der Waals surface area contributed by atoms with Crippen molar-refractivity contribution in [3.8, 4) is 0 Å². The van der Waals surface area contributed by atoms with Gasteiger partial charge in [0.1, 0.15) is 5.15 Å². The Kier molecular flexibility index (Phi) is 2.93. The Morgan fingerprint density at radius 3 is 2.38 bits per heavy atom. The molecule has 5 heteroatoms. The Balaban J connectivity index is 1.58. The number of nitrogens with zero attached hydrogens (tertiary/aromatic N) is 1. The molecule has 0 radical (unpaired) electrons. The van der Waals surface area contributed by atoms with Crippen molar-refractivity contribution in [2.24, 2.45) is 17.8 Å². The summed E-state index contributed by atoms with van der Waals surface area (Å²) >= 11 is 6.05. The number of nitrogens with one attached hydrogen (secondary N) is 1. The molecule has 5 rings (SSSR count). The first-order valence-electron chi connectivity index (χ1n) is 7.76. The van der Waals surface area contributed by atoms with Crippen LogP contribution in [0.15, 0.2) is 12.3 Å². The van der Waals surface area contributed by atoms with Gasteiger partial charge in [0.25, 0.3) is 5.91 Å². The number of hydrogen-bond acceptors (Lipinski definition) is 3. The fourth-order valence-corrected chi connectivity index (χ4v) is 5.38. The normalized spacial score (nSPS) is 36.7. The quantitative estimate of drug-likeness (QED) is 0.825. The van der Waals surface area contributed by atoms with E-state index in [0.717, 1.165) is 37.0 Å². The lowest BCUT2D eigenvalue weighted by molar-refractivity contribution is -0.0167. The molecular weight excluding hydrogens is 286 g/mol.